The van der Waals surface area contributed by atoms with Gasteiger partial charge < -0.3 is 4.74 Å². The van der Waals surface area contributed by atoms with Crippen LogP contribution in [-0.2, 0) is 6.61 Å². The van der Waals surface area contributed by atoms with E-state index in [0.717, 1.165) is 16.6 Å². The molecule has 17 heavy (non-hydrogen) atoms. The largest absolute Gasteiger partial charge is 0.487 e. The van der Waals surface area contributed by atoms with E-state index in [-0.39, 0.29) is 6.61 Å². The van der Waals surface area contributed by atoms with Crippen molar-refractivity contribution in [1.29, 1.82) is 0 Å². The maximum Gasteiger partial charge on any atom is 0.159 e. The smallest absolute Gasteiger partial charge is 0.159 e. The summed E-state index contributed by atoms with van der Waals surface area (Å²) in [6, 6.07) is 5.41. The van der Waals surface area contributed by atoms with Crippen molar-refractivity contribution in [2.24, 2.45) is 0 Å². The summed E-state index contributed by atoms with van der Waals surface area (Å²) < 4.78 is 31.8. The molecule has 0 aliphatic rings. The molecule has 2 nitrogen and oxygen atoms in total. The highest BCUT2D eigenvalue weighted by atomic mass is 79.9. The number of aromatic nitrogens is 1. The van der Waals surface area contributed by atoms with Crippen molar-refractivity contribution in [3.63, 3.8) is 0 Å². The third-order valence-corrected chi connectivity index (χ3v) is 2.50. The Morgan fingerprint density at radius 3 is 2.65 bits per heavy atom. The first kappa shape index (κ1) is 12.0. The van der Waals surface area contributed by atoms with Gasteiger partial charge >= 0.3 is 0 Å². The van der Waals surface area contributed by atoms with Crippen LogP contribution in [0.2, 0.25) is 0 Å². The van der Waals surface area contributed by atoms with Gasteiger partial charge in [0.2, 0.25) is 0 Å². The van der Waals surface area contributed by atoms with Gasteiger partial charge in [0.15, 0.2) is 11.6 Å². The highest BCUT2D eigenvalue weighted by molar-refractivity contribution is 9.10. The Bertz CT molecular complexity index is 534. The summed E-state index contributed by atoms with van der Waals surface area (Å²) in [6.07, 6.45) is 3.18. The summed E-state index contributed by atoms with van der Waals surface area (Å²) in [5, 5.41) is 0. The van der Waals surface area contributed by atoms with Crippen LogP contribution in [0.1, 0.15) is 5.56 Å². The molecule has 88 valence electrons. The Morgan fingerprint density at radius 1 is 1.12 bits per heavy atom. The molecule has 0 saturated carbocycles. The monoisotopic (exact) mass is 299 g/mol. The zero-order valence-corrected chi connectivity index (χ0v) is 10.2. The number of nitrogens with zero attached hydrogens (tertiary/aromatic N) is 1. The molecule has 1 aromatic carbocycles. The van der Waals surface area contributed by atoms with Gasteiger partial charge in [0.25, 0.3) is 0 Å². The molecule has 0 saturated heterocycles. The van der Waals surface area contributed by atoms with Crippen molar-refractivity contribution in [1.82, 2.24) is 4.98 Å². The molecule has 0 atom stereocenters. The second-order valence-corrected chi connectivity index (χ2v) is 4.29. The van der Waals surface area contributed by atoms with E-state index in [1.54, 1.807) is 18.5 Å². The second-order valence-electron chi connectivity index (χ2n) is 3.38. The van der Waals surface area contributed by atoms with Crippen LogP contribution in [0.4, 0.5) is 8.78 Å². The standard InChI is InChI=1S/C12H8BrF2NO/c13-9-4-10(6-16-5-9)17-7-8-1-2-11(14)12(15)3-8/h1-6H,7H2. The van der Waals surface area contributed by atoms with E-state index in [4.69, 9.17) is 4.74 Å². The van der Waals surface area contributed by atoms with Gasteiger partial charge in [-0.2, -0.15) is 0 Å². The molecule has 0 N–H and O–H groups in total. The molecule has 0 fully saturated rings. The molecular weight excluding hydrogens is 292 g/mol. The van der Waals surface area contributed by atoms with Gasteiger partial charge in [-0.1, -0.05) is 6.07 Å². The molecule has 0 unspecified atom stereocenters. The SMILES string of the molecule is Fc1ccc(COc2cncc(Br)c2)cc1F. The van der Waals surface area contributed by atoms with Crippen molar-refractivity contribution < 1.29 is 13.5 Å². The highest BCUT2D eigenvalue weighted by Crippen LogP contribution is 2.17. The zero-order chi connectivity index (χ0) is 12.3. The van der Waals surface area contributed by atoms with E-state index in [9.17, 15) is 8.78 Å². The lowest BCUT2D eigenvalue weighted by atomic mass is 10.2. The van der Waals surface area contributed by atoms with Crippen molar-refractivity contribution in [2.75, 3.05) is 0 Å². The van der Waals surface area contributed by atoms with Crippen LogP contribution in [0.5, 0.6) is 5.75 Å². The van der Waals surface area contributed by atoms with Crippen LogP contribution in [0, 0.1) is 11.6 Å². The molecule has 0 aliphatic heterocycles. The Morgan fingerprint density at radius 2 is 1.94 bits per heavy atom. The summed E-state index contributed by atoms with van der Waals surface area (Å²) in [7, 11) is 0. The van der Waals surface area contributed by atoms with Gasteiger partial charge in [0, 0.05) is 10.7 Å². The first-order valence-corrected chi connectivity index (χ1v) is 5.62. The van der Waals surface area contributed by atoms with E-state index in [1.807, 2.05) is 0 Å². The van der Waals surface area contributed by atoms with Crippen molar-refractivity contribution in [3.05, 3.63) is 58.3 Å². The Kier molecular flexibility index (Phi) is 3.68. The number of hydrogen-bond donors (Lipinski definition) is 0. The number of ether oxygens (including phenoxy) is 1. The third-order valence-electron chi connectivity index (χ3n) is 2.07. The summed E-state index contributed by atoms with van der Waals surface area (Å²) in [6.45, 7) is 0.162. The number of rotatable bonds is 3. The fourth-order valence-corrected chi connectivity index (χ4v) is 1.61. The maximum atomic E-state index is 12.9. The summed E-state index contributed by atoms with van der Waals surface area (Å²) >= 11 is 3.26. The maximum absolute atomic E-state index is 12.9. The highest BCUT2D eigenvalue weighted by Gasteiger charge is 2.03. The van der Waals surface area contributed by atoms with E-state index in [1.165, 1.54) is 6.07 Å². The first-order chi connectivity index (χ1) is 8.15. The van der Waals surface area contributed by atoms with Crippen LogP contribution >= 0.6 is 15.9 Å². The minimum atomic E-state index is -0.876. The predicted molar refractivity (Wildman–Crippen MR) is 62.6 cm³/mol. The van der Waals surface area contributed by atoms with Gasteiger partial charge in [-0.3, -0.25) is 4.98 Å². The number of benzene rings is 1. The Balaban J connectivity index is 2.05. The summed E-state index contributed by atoms with van der Waals surface area (Å²) in [5.74, 6) is -1.18. The fourth-order valence-electron chi connectivity index (χ4n) is 1.27. The predicted octanol–water partition coefficient (Wildman–Crippen LogP) is 3.70. The quantitative estimate of drug-likeness (QED) is 0.862. The van der Waals surface area contributed by atoms with Crippen LogP contribution < -0.4 is 4.74 Å². The average Bonchev–Trinajstić information content (AvgIpc) is 2.31. The minimum Gasteiger partial charge on any atom is -0.487 e. The molecule has 1 heterocycles. The lowest BCUT2D eigenvalue weighted by Gasteiger charge is -2.06. The number of pyridine rings is 1. The normalized spacial score (nSPS) is 10.3. The molecule has 0 amide bonds. The Hall–Kier alpha value is -1.49. The van der Waals surface area contributed by atoms with Crippen molar-refractivity contribution in [2.45, 2.75) is 6.61 Å². The second kappa shape index (κ2) is 5.23. The lowest BCUT2D eigenvalue weighted by molar-refractivity contribution is 0.303. The number of halogens is 3. The number of hydrogen-bond acceptors (Lipinski definition) is 2. The van der Waals surface area contributed by atoms with E-state index in [2.05, 4.69) is 20.9 Å². The van der Waals surface area contributed by atoms with Crippen molar-refractivity contribution in [3.8, 4) is 5.75 Å². The first-order valence-electron chi connectivity index (χ1n) is 4.82. The average molecular weight is 300 g/mol. The van der Waals surface area contributed by atoms with Gasteiger partial charge in [0.1, 0.15) is 12.4 Å². The lowest BCUT2D eigenvalue weighted by Crippen LogP contribution is -1.97. The van der Waals surface area contributed by atoms with E-state index in [0.29, 0.717) is 11.3 Å². The van der Waals surface area contributed by atoms with Crippen molar-refractivity contribution >= 4 is 15.9 Å². The molecule has 0 bridgehead atoms. The minimum absolute atomic E-state index is 0.162. The van der Waals surface area contributed by atoms with Crippen LogP contribution in [0.15, 0.2) is 41.1 Å². The van der Waals surface area contributed by atoms with Gasteiger partial charge in [0.05, 0.1) is 6.20 Å². The van der Waals surface area contributed by atoms with Gasteiger partial charge in [-0.25, -0.2) is 8.78 Å². The third kappa shape index (κ3) is 3.23. The molecule has 0 aliphatic carbocycles. The molecule has 5 heteroatoms. The van der Waals surface area contributed by atoms with Crippen LogP contribution in [-0.4, -0.2) is 4.98 Å². The van der Waals surface area contributed by atoms with Gasteiger partial charge in [-0.15, -0.1) is 0 Å². The molecule has 0 radical (unpaired) electrons. The molecule has 1 aromatic heterocycles. The van der Waals surface area contributed by atoms with Gasteiger partial charge in [-0.05, 0) is 39.7 Å². The molecule has 2 aromatic rings. The zero-order valence-electron chi connectivity index (χ0n) is 8.66. The topological polar surface area (TPSA) is 22.1 Å². The fraction of sp³-hybridized carbons (Fsp3) is 0.0833. The van der Waals surface area contributed by atoms with E-state index < -0.39 is 11.6 Å². The van der Waals surface area contributed by atoms with Crippen LogP contribution in [0.25, 0.3) is 0 Å². The Labute approximate surface area is 105 Å². The molecular formula is C12H8BrF2NO. The molecule has 2 rings (SSSR count). The van der Waals surface area contributed by atoms with Crippen LogP contribution in [0.3, 0.4) is 0 Å². The molecule has 0 spiro atoms. The summed E-state index contributed by atoms with van der Waals surface area (Å²) in [4.78, 5) is 3.92. The van der Waals surface area contributed by atoms with E-state index >= 15 is 0 Å². The summed E-state index contributed by atoms with van der Waals surface area (Å²) in [5.41, 5.74) is 0.559.